The minimum Gasteiger partial charge on any atom is -0.489 e. The highest BCUT2D eigenvalue weighted by Crippen LogP contribution is 2.37. The minimum absolute atomic E-state index is 0. The van der Waals surface area contributed by atoms with E-state index in [0.717, 1.165) is 41.3 Å². The van der Waals surface area contributed by atoms with Gasteiger partial charge in [0, 0.05) is 23.5 Å². The zero-order chi connectivity index (χ0) is 28.0. The summed E-state index contributed by atoms with van der Waals surface area (Å²) in [5.74, 6) is 0.359. The number of carbonyl (C=O) groups is 1. The molecule has 0 fully saturated rings. The highest BCUT2D eigenvalue weighted by molar-refractivity contribution is 6.10. The molecular formula is C36H36ClN3O2. The van der Waals surface area contributed by atoms with Crippen LogP contribution in [0.15, 0.2) is 109 Å². The molecule has 214 valence electrons. The first-order chi connectivity index (χ1) is 20.2. The Morgan fingerprint density at radius 3 is 2.17 bits per heavy atom. The SMILES string of the molecule is CC[C@H](NC(=O)c1c(OCCNC2Cc3ccccc3C2)c(-c2ccccc2)nc2ccccc12)c1ccccc1.Cl. The summed E-state index contributed by atoms with van der Waals surface area (Å²) in [6, 6.07) is 36.8. The zero-order valence-corrected chi connectivity index (χ0v) is 24.6. The van der Waals surface area contributed by atoms with Crippen molar-refractivity contribution in [1.29, 1.82) is 0 Å². The van der Waals surface area contributed by atoms with Crippen LogP contribution < -0.4 is 15.4 Å². The van der Waals surface area contributed by atoms with Crippen LogP contribution >= 0.6 is 12.4 Å². The number of halogens is 1. The fourth-order valence-corrected chi connectivity index (χ4v) is 5.81. The maximum atomic E-state index is 14.1. The normalized spacial score (nSPS) is 13.3. The molecule has 0 saturated heterocycles. The molecule has 42 heavy (non-hydrogen) atoms. The third-order valence-corrected chi connectivity index (χ3v) is 7.87. The molecule has 0 saturated carbocycles. The highest BCUT2D eigenvalue weighted by atomic mass is 35.5. The Hall–Kier alpha value is -4.19. The number of hydrogen-bond acceptors (Lipinski definition) is 4. The third kappa shape index (κ3) is 6.33. The average Bonchev–Trinajstić information content (AvgIpc) is 3.45. The molecule has 0 unspecified atom stereocenters. The molecule has 6 rings (SSSR count). The van der Waals surface area contributed by atoms with Gasteiger partial charge in [-0.2, -0.15) is 0 Å². The molecule has 0 spiro atoms. The summed E-state index contributed by atoms with van der Waals surface area (Å²) in [5.41, 5.74) is 6.79. The summed E-state index contributed by atoms with van der Waals surface area (Å²) in [6.45, 7) is 3.17. The van der Waals surface area contributed by atoms with Crippen molar-refractivity contribution < 1.29 is 9.53 Å². The van der Waals surface area contributed by atoms with Crippen LogP contribution in [0.2, 0.25) is 0 Å². The zero-order valence-electron chi connectivity index (χ0n) is 23.8. The number of carbonyl (C=O) groups excluding carboxylic acids is 1. The largest absolute Gasteiger partial charge is 0.489 e. The van der Waals surface area contributed by atoms with Crippen molar-refractivity contribution in [3.05, 3.63) is 131 Å². The molecule has 0 bridgehead atoms. The lowest BCUT2D eigenvalue weighted by atomic mass is 10.00. The second kappa shape index (κ2) is 13.6. The number of aromatic nitrogens is 1. The second-order valence-corrected chi connectivity index (χ2v) is 10.6. The Balaban J connectivity index is 0.00000353. The third-order valence-electron chi connectivity index (χ3n) is 7.87. The van der Waals surface area contributed by atoms with Crippen LogP contribution in [-0.2, 0) is 12.8 Å². The Morgan fingerprint density at radius 2 is 1.48 bits per heavy atom. The smallest absolute Gasteiger partial charge is 0.256 e. The highest BCUT2D eigenvalue weighted by Gasteiger charge is 2.25. The van der Waals surface area contributed by atoms with E-state index in [1.54, 1.807) is 0 Å². The molecule has 1 aliphatic rings. The van der Waals surface area contributed by atoms with Gasteiger partial charge in [-0.05, 0) is 42.0 Å². The van der Waals surface area contributed by atoms with Crippen LogP contribution in [0.5, 0.6) is 5.75 Å². The fourth-order valence-electron chi connectivity index (χ4n) is 5.81. The van der Waals surface area contributed by atoms with Gasteiger partial charge in [-0.1, -0.05) is 110 Å². The van der Waals surface area contributed by atoms with E-state index in [2.05, 4.69) is 54.0 Å². The molecule has 5 aromatic rings. The van der Waals surface area contributed by atoms with Gasteiger partial charge in [0.15, 0.2) is 5.75 Å². The number of para-hydroxylation sites is 1. The molecule has 1 amide bonds. The number of hydrogen-bond donors (Lipinski definition) is 2. The van der Waals surface area contributed by atoms with Gasteiger partial charge >= 0.3 is 0 Å². The van der Waals surface area contributed by atoms with Crippen LogP contribution in [-0.4, -0.2) is 30.1 Å². The maximum Gasteiger partial charge on any atom is 0.256 e. The summed E-state index contributed by atoms with van der Waals surface area (Å²) >= 11 is 0. The lowest BCUT2D eigenvalue weighted by Gasteiger charge is -2.22. The molecule has 1 aromatic heterocycles. The quantitative estimate of drug-likeness (QED) is 0.170. The van der Waals surface area contributed by atoms with Crippen molar-refractivity contribution in [2.45, 2.75) is 38.3 Å². The van der Waals surface area contributed by atoms with Gasteiger partial charge in [-0.3, -0.25) is 4.79 Å². The van der Waals surface area contributed by atoms with Crippen molar-refractivity contribution in [2.24, 2.45) is 0 Å². The summed E-state index contributed by atoms with van der Waals surface area (Å²) < 4.78 is 6.52. The molecule has 1 heterocycles. The molecular weight excluding hydrogens is 542 g/mol. The number of rotatable bonds is 10. The Bertz CT molecular complexity index is 1620. The predicted octanol–water partition coefficient (Wildman–Crippen LogP) is 7.34. The first kappa shape index (κ1) is 29.3. The molecule has 5 nitrogen and oxygen atoms in total. The maximum absolute atomic E-state index is 14.1. The Kier molecular flexibility index (Phi) is 9.52. The van der Waals surface area contributed by atoms with Gasteiger partial charge in [0.2, 0.25) is 0 Å². The number of nitrogens with one attached hydrogen (secondary N) is 2. The van der Waals surface area contributed by atoms with Crippen molar-refractivity contribution in [3.63, 3.8) is 0 Å². The van der Waals surface area contributed by atoms with Crippen LogP contribution in [0.3, 0.4) is 0 Å². The van der Waals surface area contributed by atoms with E-state index in [-0.39, 0.29) is 24.4 Å². The Labute approximate surface area is 253 Å². The van der Waals surface area contributed by atoms with E-state index in [4.69, 9.17) is 9.72 Å². The first-order valence-electron chi connectivity index (χ1n) is 14.5. The van der Waals surface area contributed by atoms with Crippen molar-refractivity contribution in [2.75, 3.05) is 13.2 Å². The monoisotopic (exact) mass is 577 g/mol. The molecule has 1 atom stereocenters. The van der Waals surface area contributed by atoms with Gasteiger partial charge in [0.1, 0.15) is 12.3 Å². The second-order valence-electron chi connectivity index (χ2n) is 10.6. The molecule has 0 aliphatic heterocycles. The van der Waals surface area contributed by atoms with Crippen LogP contribution in [0, 0.1) is 0 Å². The number of ether oxygens (including phenoxy) is 1. The van der Waals surface area contributed by atoms with Gasteiger partial charge in [0.05, 0.1) is 17.1 Å². The number of benzene rings is 4. The molecule has 1 aliphatic carbocycles. The fraction of sp³-hybridized carbons (Fsp3) is 0.222. The lowest BCUT2D eigenvalue weighted by molar-refractivity contribution is 0.0933. The minimum atomic E-state index is -0.161. The van der Waals surface area contributed by atoms with E-state index < -0.39 is 0 Å². The molecule has 0 radical (unpaired) electrons. The molecule has 6 heteroatoms. The summed E-state index contributed by atoms with van der Waals surface area (Å²) in [7, 11) is 0. The first-order valence-corrected chi connectivity index (χ1v) is 14.5. The van der Waals surface area contributed by atoms with Gasteiger partial charge in [-0.15, -0.1) is 12.4 Å². The Morgan fingerprint density at radius 1 is 0.857 bits per heavy atom. The summed E-state index contributed by atoms with van der Waals surface area (Å²) in [5, 5.41) is 7.73. The standard InChI is InChI=1S/C36H35N3O2.ClH/c1-2-31(25-13-5-3-6-14-25)39-36(40)33-30-19-11-12-20-32(30)38-34(26-15-7-4-8-16-26)35(33)41-22-21-37-29-23-27-17-9-10-18-28(27)24-29;/h3-20,29,31,37H,2,21-24H2,1H3,(H,39,40);1H/t31-;/m0./s1. The van der Waals surface area contributed by atoms with Crippen LogP contribution in [0.4, 0.5) is 0 Å². The van der Waals surface area contributed by atoms with Gasteiger partial charge < -0.3 is 15.4 Å². The van der Waals surface area contributed by atoms with Crippen molar-refractivity contribution in [3.8, 4) is 17.0 Å². The van der Waals surface area contributed by atoms with Gasteiger partial charge in [0.25, 0.3) is 5.91 Å². The van der Waals surface area contributed by atoms with Crippen LogP contribution in [0.25, 0.3) is 22.2 Å². The van der Waals surface area contributed by atoms with Crippen molar-refractivity contribution in [1.82, 2.24) is 15.6 Å². The average molecular weight is 578 g/mol. The van der Waals surface area contributed by atoms with E-state index in [1.165, 1.54) is 11.1 Å². The summed E-state index contributed by atoms with van der Waals surface area (Å²) in [6.07, 6.45) is 2.82. The summed E-state index contributed by atoms with van der Waals surface area (Å²) in [4.78, 5) is 19.1. The van der Waals surface area contributed by atoms with Crippen LogP contribution in [0.1, 0.15) is 46.4 Å². The number of pyridine rings is 1. The predicted molar refractivity (Wildman–Crippen MR) is 173 cm³/mol. The molecule has 4 aromatic carbocycles. The number of amides is 1. The van der Waals surface area contributed by atoms with Crippen molar-refractivity contribution >= 4 is 29.2 Å². The number of fused-ring (bicyclic) bond motifs is 2. The van der Waals surface area contributed by atoms with E-state index >= 15 is 0 Å². The van der Waals surface area contributed by atoms with E-state index in [0.29, 0.717) is 36.2 Å². The topological polar surface area (TPSA) is 63.2 Å². The van der Waals surface area contributed by atoms with Gasteiger partial charge in [-0.25, -0.2) is 4.98 Å². The van der Waals surface area contributed by atoms with E-state index in [9.17, 15) is 4.79 Å². The molecule has 2 N–H and O–H groups in total. The lowest BCUT2D eigenvalue weighted by Crippen LogP contribution is -2.33. The number of nitrogens with zero attached hydrogens (tertiary/aromatic N) is 1. The van der Waals surface area contributed by atoms with E-state index in [1.807, 2.05) is 72.8 Å².